The summed E-state index contributed by atoms with van der Waals surface area (Å²) in [5.41, 5.74) is 0. The number of ether oxygens (including phenoxy) is 3. The molecule has 0 rings (SSSR count). The maximum absolute atomic E-state index is 13.0. The fraction of sp³-hybridized carbons (Fsp3) is 0.831. The van der Waals surface area contributed by atoms with Gasteiger partial charge in [-0.1, -0.05) is 370 Å². The van der Waals surface area contributed by atoms with Crippen molar-refractivity contribution in [3.8, 4) is 0 Å². The molecule has 0 amide bonds. The monoisotopic (exact) mass is 1160 g/mol. The van der Waals surface area contributed by atoms with Crippen LogP contribution in [0, 0.1) is 0 Å². The summed E-state index contributed by atoms with van der Waals surface area (Å²) in [4.78, 5) is 38.6. The van der Waals surface area contributed by atoms with Crippen LogP contribution in [-0.2, 0) is 28.6 Å². The first-order chi connectivity index (χ1) is 41.0. The highest BCUT2D eigenvalue weighted by molar-refractivity contribution is 5.71. The number of esters is 3. The lowest BCUT2D eigenvalue weighted by atomic mass is 10.0. The Bertz CT molecular complexity index is 1470. The molecule has 0 saturated carbocycles. The highest BCUT2D eigenvalue weighted by atomic mass is 16.6. The Morgan fingerprint density at radius 3 is 0.735 bits per heavy atom. The average molecular weight is 1160 g/mol. The molecule has 0 aromatic rings. The van der Waals surface area contributed by atoms with Crippen LogP contribution in [0.3, 0.4) is 0 Å². The van der Waals surface area contributed by atoms with E-state index in [1.54, 1.807) is 0 Å². The van der Waals surface area contributed by atoms with Gasteiger partial charge in [0.25, 0.3) is 0 Å². The second-order valence-electron chi connectivity index (χ2n) is 24.8. The zero-order valence-electron chi connectivity index (χ0n) is 55.7. The zero-order chi connectivity index (χ0) is 59.9. The zero-order valence-corrected chi connectivity index (χ0v) is 55.7. The molecule has 1 unspecified atom stereocenters. The maximum atomic E-state index is 13.0. The number of carbonyl (C=O) groups is 3. The molecule has 0 aliphatic rings. The predicted molar refractivity (Wildman–Crippen MR) is 362 cm³/mol. The Morgan fingerprint density at radius 1 is 0.253 bits per heavy atom. The molecule has 0 aliphatic carbocycles. The van der Waals surface area contributed by atoms with E-state index in [0.717, 1.165) is 96.3 Å². The Morgan fingerprint density at radius 2 is 0.470 bits per heavy atom. The van der Waals surface area contributed by atoms with Gasteiger partial charge in [0.05, 0.1) is 0 Å². The van der Waals surface area contributed by atoms with Gasteiger partial charge in [-0.25, -0.2) is 0 Å². The van der Waals surface area contributed by atoms with E-state index in [0.29, 0.717) is 19.3 Å². The van der Waals surface area contributed by atoms with Crippen molar-refractivity contribution in [1.29, 1.82) is 0 Å². The van der Waals surface area contributed by atoms with Crippen LogP contribution in [0.25, 0.3) is 0 Å². The number of unbranched alkanes of at least 4 members (excludes halogenated alkanes) is 47. The highest BCUT2D eigenvalue weighted by Crippen LogP contribution is 2.19. The summed E-state index contributed by atoms with van der Waals surface area (Å²) in [7, 11) is 0. The lowest BCUT2D eigenvalue weighted by Crippen LogP contribution is -2.30. The van der Waals surface area contributed by atoms with Gasteiger partial charge in [-0.05, 0) is 64.2 Å². The molecule has 6 heteroatoms. The van der Waals surface area contributed by atoms with Crippen molar-refractivity contribution in [1.82, 2.24) is 0 Å². The van der Waals surface area contributed by atoms with Gasteiger partial charge in [-0.2, -0.15) is 0 Å². The summed E-state index contributed by atoms with van der Waals surface area (Å²) in [6.07, 6.45) is 92.5. The minimum atomic E-state index is -0.775. The van der Waals surface area contributed by atoms with Crippen molar-refractivity contribution >= 4 is 17.9 Å². The first-order valence-electron chi connectivity index (χ1n) is 36.8. The summed E-state index contributed by atoms with van der Waals surface area (Å²) >= 11 is 0. The van der Waals surface area contributed by atoms with Crippen LogP contribution < -0.4 is 0 Å². The van der Waals surface area contributed by atoms with E-state index in [2.05, 4.69) is 81.5 Å². The van der Waals surface area contributed by atoms with Gasteiger partial charge in [0.2, 0.25) is 0 Å². The molecule has 0 N–H and O–H groups in total. The second kappa shape index (κ2) is 71.6. The summed E-state index contributed by atoms with van der Waals surface area (Å²) in [6.45, 7) is 6.61. The highest BCUT2D eigenvalue weighted by Gasteiger charge is 2.19. The first kappa shape index (κ1) is 80.1. The van der Waals surface area contributed by atoms with Crippen molar-refractivity contribution in [2.24, 2.45) is 0 Å². The SMILES string of the molecule is CC/C=C\C/C=C\C/C=C\C/C=C\C/C=C\CCCCCCCCCCCC(=O)OCC(COC(=O)CCCCCCCCCCCCCCCCCCCCC)OC(=O)CCCCCCCCCCCCCCCCCCCCCCC. The molecule has 0 radical (unpaired) electrons. The molecule has 83 heavy (non-hydrogen) atoms. The molecule has 484 valence electrons. The summed E-state index contributed by atoms with van der Waals surface area (Å²) in [5, 5.41) is 0. The third kappa shape index (κ3) is 69.8. The molecule has 0 saturated heterocycles. The van der Waals surface area contributed by atoms with Crippen LogP contribution in [-0.4, -0.2) is 37.2 Å². The van der Waals surface area contributed by atoms with E-state index in [-0.39, 0.29) is 31.1 Å². The number of hydrogen-bond donors (Lipinski definition) is 0. The number of allylic oxidation sites excluding steroid dienone is 10. The average Bonchev–Trinajstić information content (AvgIpc) is 3.50. The van der Waals surface area contributed by atoms with Gasteiger partial charge in [0.15, 0.2) is 6.10 Å². The Hall–Kier alpha value is -2.89. The fourth-order valence-corrected chi connectivity index (χ4v) is 11.1. The smallest absolute Gasteiger partial charge is 0.306 e. The standard InChI is InChI=1S/C77H140O6/c1-4-7-10-13-16-19-22-25-28-31-34-36-37-38-39-41-43-46-49-52-55-58-61-64-67-70-76(79)82-73-74(72-81-75(78)69-66-63-60-57-54-51-48-45-42-33-30-27-24-21-18-15-12-9-6-3)83-77(80)71-68-65-62-59-56-53-50-47-44-40-35-32-29-26-23-20-17-14-11-8-5-2/h7,10,16,19,25,28,34,36,38-39,74H,4-6,8-9,11-15,17-18,20-24,26-27,29-33,35,37,40-73H2,1-3H3/b10-7-,19-16-,28-25-,36-34-,39-38-. The summed E-state index contributed by atoms with van der Waals surface area (Å²) in [5.74, 6) is -0.845. The topological polar surface area (TPSA) is 78.9 Å². The minimum Gasteiger partial charge on any atom is -0.462 e. The van der Waals surface area contributed by atoms with Gasteiger partial charge in [0, 0.05) is 19.3 Å². The Kier molecular flexibility index (Phi) is 69.1. The van der Waals surface area contributed by atoms with Crippen LogP contribution in [0.1, 0.15) is 393 Å². The lowest BCUT2D eigenvalue weighted by molar-refractivity contribution is -0.167. The largest absolute Gasteiger partial charge is 0.462 e. The van der Waals surface area contributed by atoms with E-state index in [1.807, 2.05) is 0 Å². The van der Waals surface area contributed by atoms with E-state index < -0.39 is 6.10 Å². The van der Waals surface area contributed by atoms with Crippen LogP contribution in [0.15, 0.2) is 60.8 Å². The predicted octanol–water partition coefficient (Wildman–Crippen LogP) is 25.5. The van der Waals surface area contributed by atoms with Crippen molar-refractivity contribution in [3.63, 3.8) is 0 Å². The van der Waals surface area contributed by atoms with Crippen molar-refractivity contribution in [2.75, 3.05) is 13.2 Å². The second-order valence-corrected chi connectivity index (χ2v) is 24.8. The molecule has 6 nitrogen and oxygen atoms in total. The van der Waals surface area contributed by atoms with Gasteiger partial charge >= 0.3 is 17.9 Å². The normalized spacial score (nSPS) is 12.4. The maximum Gasteiger partial charge on any atom is 0.306 e. The van der Waals surface area contributed by atoms with E-state index >= 15 is 0 Å². The number of carbonyl (C=O) groups excluding carboxylic acids is 3. The van der Waals surface area contributed by atoms with Crippen LogP contribution in [0.2, 0.25) is 0 Å². The molecule has 0 aromatic carbocycles. The fourth-order valence-electron chi connectivity index (χ4n) is 11.1. The third-order valence-electron chi connectivity index (χ3n) is 16.5. The Balaban J connectivity index is 4.33. The van der Waals surface area contributed by atoms with Gasteiger partial charge in [-0.15, -0.1) is 0 Å². The van der Waals surface area contributed by atoms with E-state index in [1.165, 1.54) is 257 Å². The first-order valence-corrected chi connectivity index (χ1v) is 36.8. The lowest BCUT2D eigenvalue weighted by Gasteiger charge is -2.18. The number of hydrogen-bond acceptors (Lipinski definition) is 6. The third-order valence-corrected chi connectivity index (χ3v) is 16.5. The Labute approximate surface area is 517 Å². The van der Waals surface area contributed by atoms with Crippen LogP contribution in [0.4, 0.5) is 0 Å². The molecule has 0 spiro atoms. The molecule has 0 aromatic heterocycles. The quantitative estimate of drug-likeness (QED) is 0.0261. The van der Waals surface area contributed by atoms with Crippen molar-refractivity contribution in [2.45, 2.75) is 399 Å². The molecule has 0 bridgehead atoms. The number of rotatable bonds is 68. The molecule has 0 fully saturated rings. The van der Waals surface area contributed by atoms with Crippen molar-refractivity contribution < 1.29 is 28.6 Å². The molecular formula is C77H140O6. The molecular weight excluding hydrogens is 1020 g/mol. The minimum absolute atomic E-state index is 0.0698. The van der Waals surface area contributed by atoms with Crippen LogP contribution in [0.5, 0.6) is 0 Å². The van der Waals surface area contributed by atoms with Crippen molar-refractivity contribution in [3.05, 3.63) is 60.8 Å². The van der Waals surface area contributed by atoms with Gasteiger partial charge in [0.1, 0.15) is 13.2 Å². The molecule has 1 atom stereocenters. The molecule has 0 heterocycles. The van der Waals surface area contributed by atoms with E-state index in [4.69, 9.17) is 14.2 Å². The summed E-state index contributed by atoms with van der Waals surface area (Å²) in [6, 6.07) is 0. The summed E-state index contributed by atoms with van der Waals surface area (Å²) < 4.78 is 17.0. The van der Waals surface area contributed by atoms with Gasteiger partial charge < -0.3 is 14.2 Å². The molecule has 0 aliphatic heterocycles. The van der Waals surface area contributed by atoms with Gasteiger partial charge in [-0.3, -0.25) is 14.4 Å². The van der Waals surface area contributed by atoms with Crippen LogP contribution >= 0.6 is 0 Å². The van der Waals surface area contributed by atoms with E-state index in [9.17, 15) is 14.4 Å².